The van der Waals surface area contributed by atoms with Crippen molar-refractivity contribution in [2.24, 2.45) is 0 Å². The topological polar surface area (TPSA) is 59.8 Å². The lowest BCUT2D eigenvalue weighted by Crippen LogP contribution is -2.07. The van der Waals surface area contributed by atoms with Gasteiger partial charge in [0.2, 0.25) is 5.91 Å². The number of hydrogen-bond acceptors (Lipinski definition) is 3. The summed E-state index contributed by atoms with van der Waals surface area (Å²) in [6, 6.07) is 12.0. The van der Waals surface area contributed by atoms with Crippen LogP contribution in [0, 0.1) is 13.8 Å². The first-order valence-corrected chi connectivity index (χ1v) is 7.40. The Kier molecular flexibility index (Phi) is 3.93. The Bertz CT molecular complexity index is 867. The van der Waals surface area contributed by atoms with Gasteiger partial charge in [-0.15, -0.1) is 0 Å². The van der Waals surface area contributed by atoms with Gasteiger partial charge >= 0.3 is 0 Å². The van der Waals surface area contributed by atoms with E-state index in [0.717, 1.165) is 22.5 Å². The lowest BCUT2D eigenvalue weighted by Gasteiger charge is -2.12. The molecule has 0 saturated heterocycles. The molecule has 0 atom stereocenters. The summed E-state index contributed by atoms with van der Waals surface area (Å²) in [5, 5.41) is 7.16. The third kappa shape index (κ3) is 3.13. The van der Waals surface area contributed by atoms with Crippen LogP contribution in [0.15, 0.2) is 48.8 Å². The number of anilines is 1. The lowest BCUT2D eigenvalue weighted by molar-refractivity contribution is -0.114. The number of carbonyl (C=O) groups is 1. The number of nitrogens with one attached hydrogen (secondary N) is 1. The second-order valence-corrected chi connectivity index (χ2v) is 5.53. The van der Waals surface area contributed by atoms with Crippen molar-refractivity contribution < 1.29 is 4.79 Å². The Labute approximate surface area is 135 Å². The van der Waals surface area contributed by atoms with Crippen molar-refractivity contribution >= 4 is 11.7 Å². The molecule has 5 nitrogen and oxygen atoms in total. The van der Waals surface area contributed by atoms with E-state index >= 15 is 0 Å². The highest BCUT2D eigenvalue weighted by Gasteiger charge is 2.10. The molecule has 3 aromatic rings. The van der Waals surface area contributed by atoms with E-state index in [0.29, 0.717) is 5.82 Å². The number of aryl methyl sites for hydroxylation is 2. The molecule has 1 N–H and O–H groups in total. The molecule has 23 heavy (non-hydrogen) atoms. The summed E-state index contributed by atoms with van der Waals surface area (Å²) in [5.74, 6) is 0.390. The summed E-state index contributed by atoms with van der Waals surface area (Å²) in [7, 11) is 0. The Morgan fingerprint density at radius 3 is 2.65 bits per heavy atom. The number of nitrogens with zero attached hydrogens (tertiary/aromatic N) is 3. The quantitative estimate of drug-likeness (QED) is 0.805. The summed E-state index contributed by atoms with van der Waals surface area (Å²) >= 11 is 0. The van der Waals surface area contributed by atoms with Crippen LogP contribution in [0.4, 0.5) is 5.82 Å². The van der Waals surface area contributed by atoms with Gasteiger partial charge in [-0.25, -0.2) is 9.67 Å². The third-order valence-corrected chi connectivity index (χ3v) is 3.58. The zero-order valence-electron chi connectivity index (χ0n) is 13.4. The van der Waals surface area contributed by atoms with E-state index in [4.69, 9.17) is 0 Å². The molecule has 0 bridgehead atoms. The molecule has 0 saturated carbocycles. The van der Waals surface area contributed by atoms with Gasteiger partial charge in [-0.3, -0.25) is 4.79 Å². The molecule has 0 fully saturated rings. The number of hydrogen-bond donors (Lipinski definition) is 1. The predicted molar refractivity (Wildman–Crippen MR) is 90.6 cm³/mol. The summed E-state index contributed by atoms with van der Waals surface area (Å²) in [6.45, 7) is 5.61. The Morgan fingerprint density at radius 2 is 1.91 bits per heavy atom. The maximum atomic E-state index is 11.2. The van der Waals surface area contributed by atoms with Crippen LogP contribution in [0.2, 0.25) is 0 Å². The Morgan fingerprint density at radius 1 is 1.09 bits per heavy atom. The fourth-order valence-electron chi connectivity index (χ4n) is 2.60. The zero-order chi connectivity index (χ0) is 16.4. The van der Waals surface area contributed by atoms with E-state index in [9.17, 15) is 4.79 Å². The van der Waals surface area contributed by atoms with Crippen molar-refractivity contribution in [2.75, 3.05) is 5.32 Å². The van der Waals surface area contributed by atoms with Crippen LogP contribution in [0.1, 0.15) is 18.1 Å². The number of benzene rings is 1. The SMILES string of the molecule is CC(=O)Nc1cc(-c2ccnn2-c2ccc(C)cc2C)ccn1. The third-order valence-electron chi connectivity index (χ3n) is 3.58. The minimum atomic E-state index is -0.141. The van der Waals surface area contributed by atoms with E-state index in [1.54, 1.807) is 12.4 Å². The van der Waals surface area contributed by atoms with Crippen LogP contribution >= 0.6 is 0 Å². The molecule has 0 aliphatic carbocycles. The van der Waals surface area contributed by atoms with Crippen molar-refractivity contribution in [3.63, 3.8) is 0 Å². The Balaban J connectivity index is 2.06. The van der Waals surface area contributed by atoms with Gasteiger partial charge in [0.05, 0.1) is 17.6 Å². The molecule has 0 aliphatic heterocycles. The predicted octanol–water partition coefficient (Wildman–Crippen LogP) is 3.51. The fraction of sp³-hybridized carbons (Fsp3) is 0.167. The van der Waals surface area contributed by atoms with E-state index in [-0.39, 0.29) is 5.91 Å². The van der Waals surface area contributed by atoms with Crippen molar-refractivity contribution in [3.8, 4) is 16.9 Å². The minimum absolute atomic E-state index is 0.141. The molecule has 0 spiro atoms. The first kappa shape index (κ1) is 15.0. The first-order valence-electron chi connectivity index (χ1n) is 7.40. The highest BCUT2D eigenvalue weighted by Crippen LogP contribution is 2.25. The molecule has 2 aromatic heterocycles. The van der Waals surface area contributed by atoms with Crippen LogP contribution in [0.5, 0.6) is 0 Å². The highest BCUT2D eigenvalue weighted by molar-refractivity contribution is 5.88. The number of pyridine rings is 1. The van der Waals surface area contributed by atoms with Crippen LogP contribution in [-0.2, 0) is 4.79 Å². The molecule has 2 heterocycles. The fourth-order valence-corrected chi connectivity index (χ4v) is 2.60. The van der Waals surface area contributed by atoms with Crippen molar-refractivity contribution in [1.82, 2.24) is 14.8 Å². The summed E-state index contributed by atoms with van der Waals surface area (Å²) in [6.07, 6.45) is 3.45. The molecular formula is C18H18N4O. The standard InChI is InChI=1S/C18H18N4O/c1-12-4-5-16(13(2)10-12)22-17(7-9-20-22)15-6-8-19-18(11-15)21-14(3)23/h4-11H,1-3H3,(H,19,21,23). The summed E-state index contributed by atoms with van der Waals surface area (Å²) in [5.41, 5.74) is 5.31. The van der Waals surface area contributed by atoms with Crippen molar-refractivity contribution in [3.05, 3.63) is 59.9 Å². The number of aromatic nitrogens is 3. The molecule has 3 rings (SSSR count). The van der Waals surface area contributed by atoms with E-state index < -0.39 is 0 Å². The largest absolute Gasteiger partial charge is 0.311 e. The van der Waals surface area contributed by atoms with Gasteiger partial charge in [0.15, 0.2) is 0 Å². The van der Waals surface area contributed by atoms with Gasteiger partial charge in [0, 0.05) is 18.7 Å². The van der Waals surface area contributed by atoms with Gasteiger partial charge in [0.1, 0.15) is 5.82 Å². The van der Waals surface area contributed by atoms with E-state index in [2.05, 4.69) is 47.4 Å². The molecule has 0 radical (unpaired) electrons. The van der Waals surface area contributed by atoms with Crippen molar-refractivity contribution in [2.45, 2.75) is 20.8 Å². The molecule has 1 amide bonds. The number of carbonyl (C=O) groups excluding carboxylic acids is 1. The second-order valence-electron chi connectivity index (χ2n) is 5.53. The van der Waals surface area contributed by atoms with E-state index in [1.165, 1.54) is 12.5 Å². The maximum absolute atomic E-state index is 11.2. The second kappa shape index (κ2) is 6.04. The average molecular weight is 306 g/mol. The van der Waals surface area contributed by atoms with Gasteiger partial charge in [-0.1, -0.05) is 17.7 Å². The molecule has 0 aliphatic rings. The van der Waals surface area contributed by atoms with Crippen LogP contribution < -0.4 is 5.32 Å². The van der Waals surface area contributed by atoms with Crippen LogP contribution in [0.3, 0.4) is 0 Å². The van der Waals surface area contributed by atoms with Crippen molar-refractivity contribution in [1.29, 1.82) is 0 Å². The molecule has 5 heteroatoms. The van der Waals surface area contributed by atoms with Gasteiger partial charge in [-0.2, -0.15) is 5.10 Å². The maximum Gasteiger partial charge on any atom is 0.222 e. The first-order chi connectivity index (χ1) is 11.0. The summed E-state index contributed by atoms with van der Waals surface area (Å²) in [4.78, 5) is 15.4. The molecule has 0 unspecified atom stereocenters. The summed E-state index contributed by atoms with van der Waals surface area (Å²) < 4.78 is 1.90. The van der Waals surface area contributed by atoms with Gasteiger partial charge < -0.3 is 5.32 Å². The minimum Gasteiger partial charge on any atom is -0.311 e. The van der Waals surface area contributed by atoms with Crippen LogP contribution in [0.25, 0.3) is 16.9 Å². The van der Waals surface area contributed by atoms with Gasteiger partial charge in [-0.05, 0) is 43.7 Å². The smallest absolute Gasteiger partial charge is 0.222 e. The van der Waals surface area contributed by atoms with E-state index in [1.807, 2.05) is 22.9 Å². The zero-order valence-corrected chi connectivity index (χ0v) is 13.4. The molecular weight excluding hydrogens is 288 g/mol. The lowest BCUT2D eigenvalue weighted by atomic mass is 10.1. The molecule has 1 aromatic carbocycles. The monoisotopic (exact) mass is 306 g/mol. The van der Waals surface area contributed by atoms with Crippen LogP contribution in [-0.4, -0.2) is 20.7 Å². The Hall–Kier alpha value is -2.95. The molecule has 116 valence electrons. The van der Waals surface area contributed by atoms with Gasteiger partial charge in [0.25, 0.3) is 0 Å². The average Bonchev–Trinajstić information content (AvgIpc) is 2.96. The normalized spacial score (nSPS) is 10.6. The highest BCUT2D eigenvalue weighted by atomic mass is 16.1. The number of rotatable bonds is 3. The number of amides is 1.